The van der Waals surface area contributed by atoms with Crippen molar-refractivity contribution in [1.29, 1.82) is 0 Å². The lowest BCUT2D eigenvalue weighted by atomic mass is 9.89. The highest BCUT2D eigenvalue weighted by Crippen LogP contribution is 2.43. The molecule has 3 aliphatic rings. The predicted molar refractivity (Wildman–Crippen MR) is 117 cm³/mol. The fraction of sp³-hybridized carbons (Fsp3) is 0.423. The van der Waals surface area contributed by atoms with Gasteiger partial charge in [-0.1, -0.05) is 72.8 Å². The van der Waals surface area contributed by atoms with Crippen molar-refractivity contribution in [1.82, 2.24) is 9.80 Å². The lowest BCUT2D eigenvalue weighted by Gasteiger charge is -2.38. The maximum atomic E-state index is 13.6. The molecular weight excluding hydrogens is 356 g/mol. The van der Waals surface area contributed by atoms with Crippen LogP contribution in [0.15, 0.2) is 72.8 Å². The second-order valence-corrected chi connectivity index (χ2v) is 8.92. The van der Waals surface area contributed by atoms with Crippen LogP contribution in [0.1, 0.15) is 29.9 Å². The Kier molecular flexibility index (Phi) is 5.24. The smallest absolute Gasteiger partial charge is 0.234 e. The highest BCUT2D eigenvalue weighted by Gasteiger charge is 2.37. The molecule has 2 aromatic rings. The van der Waals surface area contributed by atoms with Gasteiger partial charge in [0.1, 0.15) is 0 Å². The number of hydrogen-bond donors (Lipinski definition) is 0. The largest absolute Gasteiger partial charge is 0.339 e. The second kappa shape index (κ2) is 8.16. The van der Waals surface area contributed by atoms with E-state index in [2.05, 4.69) is 46.2 Å². The predicted octanol–water partition coefficient (Wildman–Crippen LogP) is 4.17. The van der Waals surface area contributed by atoms with Crippen LogP contribution in [0.2, 0.25) is 0 Å². The van der Waals surface area contributed by atoms with Gasteiger partial charge in [-0.05, 0) is 41.7 Å². The number of amides is 1. The number of nitrogens with zero attached hydrogens (tertiary/aromatic N) is 2. The normalized spacial score (nSPS) is 26.4. The van der Waals surface area contributed by atoms with Crippen molar-refractivity contribution in [2.24, 2.45) is 17.8 Å². The van der Waals surface area contributed by atoms with Gasteiger partial charge in [0.25, 0.3) is 0 Å². The van der Waals surface area contributed by atoms with Crippen LogP contribution in [0.5, 0.6) is 0 Å². The molecule has 150 valence electrons. The van der Waals surface area contributed by atoms with E-state index in [9.17, 15) is 4.79 Å². The molecule has 0 unspecified atom stereocenters. The number of carbonyl (C=O) groups is 1. The van der Waals surface area contributed by atoms with Crippen LogP contribution in [0, 0.1) is 17.8 Å². The summed E-state index contributed by atoms with van der Waals surface area (Å²) < 4.78 is 0. The van der Waals surface area contributed by atoms with Gasteiger partial charge in [0.05, 0.1) is 5.92 Å². The summed E-state index contributed by atoms with van der Waals surface area (Å²) in [6, 6.07) is 20.5. The number of fused-ring (bicyclic) bond motifs is 2. The third-order valence-corrected chi connectivity index (χ3v) is 7.11. The highest BCUT2D eigenvalue weighted by molar-refractivity contribution is 5.87. The number of benzene rings is 2. The Labute approximate surface area is 174 Å². The Bertz CT molecular complexity index is 815. The first-order chi connectivity index (χ1) is 14.3. The van der Waals surface area contributed by atoms with Crippen molar-refractivity contribution in [2.45, 2.75) is 18.8 Å². The molecule has 3 heteroatoms. The lowest BCUT2D eigenvalue weighted by Crippen LogP contribution is -2.51. The van der Waals surface area contributed by atoms with Crippen LogP contribution in [-0.4, -0.2) is 48.4 Å². The monoisotopic (exact) mass is 386 g/mol. The minimum atomic E-state index is -0.209. The molecule has 2 bridgehead atoms. The van der Waals surface area contributed by atoms with Gasteiger partial charge >= 0.3 is 0 Å². The molecule has 2 fully saturated rings. The van der Waals surface area contributed by atoms with Gasteiger partial charge in [0.15, 0.2) is 0 Å². The van der Waals surface area contributed by atoms with Gasteiger partial charge in [0, 0.05) is 32.7 Å². The molecule has 1 aliphatic heterocycles. The third kappa shape index (κ3) is 3.89. The van der Waals surface area contributed by atoms with E-state index in [0.29, 0.717) is 0 Å². The summed E-state index contributed by atoms with van der Waals surface area (Å²) in [6.07, 6.45) is 7.61. The highest BCUT2D eigenvalue weighted by atomic mass is 16.2. The molecule has 0 aromatic heterocycles. The molecule has 0 N–H and O–H groups in total. The van der Waals surface area contributed by atoms with E-state index in [4.69, 9.17) is 0 Å². The SMILES string of the molecule is O=C(C(c1ccccc1)c1ccccc1)N1CCN(C[C@@H]2C[C@H]3C=C[C@H]2C3)CC1. The molecule has 29 heavy (non-hydrogen) atoms. The van der Waals surface area contributed by atoms with E-state index >= 15 is 0 Å². The zero-order chi connectivity index (χ0) is 19.6. The Hall–Kier alpha value is -2.39. The molecule has 0 radical (unpaired) electrons. The Morgan fingerprint density at radius 2 is 1.45 bits per heavy atom. The molecule has 2 aliphatic carbocycles. The van der Waals surface area contributed by atoms with E-state index in [1.807, 2.05) is 36.4 Å². The third-order valence-electron chi connectivity index (χ3n) is 7.11. The van der Waals surface area contributed by atoms with E-state index in [1.165, 1.54) is 19.4 Å². The Morgan fingerprint density at radius 1 is 0.828 bits per heavy atom. The lowest BCUT2D eigenvalue weighted by molar-refractivity contribution is -0.133. The fourth-order valence-electron chi connectivity index (χ4n) is 5.54. The molecule has 1 saturated heterocycles. The molecule has 1 amide bonds. The van der Waals surface area contributed by atoms with Gasteiger partial charge in [-0.3, -0.25) is 9.69 Å². The van der Waals surface area contributed by atoms with Crippen molar-refractivity contribution in [3.05, 3.63) is 83.9 Å². The zero-order valence-electron chi connectivity index (χ0n) is 17.0. The first kappa shape index (κ1) is 18.6. The summed E-state index contributed by atoms with van der Waals surface area (Å²) in [5, 5.41) is 0. The topological polar surface area (TPSA) is 23.6 Å². The van der Waals surface area contributed by atoms with Crippen molar-refractivity contribution in [3.8, 4) is 0 Å². The van der Waals surface area contributed by atoms with Crippen LogP contribution in [0.3, 0.4) is 0 Å². The zero-order valence-corrected chi connectivity index (χ0v) is 17.0. The summed E-state index contributed by atoms with van der Waals surface area (Å²) in [5.41, 5.74) is 2.17. The molecule has 3 atom stereocenters. The van der Waals surface area contributed by atoms with Gasteiger partial charge in [-0.2, -0.15) is 0 Å². The number of hydrogen-bond acceptors (Lipinski definition) is 2. The molecule has 0 spiro atoms. The maximum absolute atomic E-state index is 13.6. The van der Waals surface area contributed by atoms with Crippen molar-refractivity contribution in [2.75, 3.05) is 32.7 Å². The van der Waals surface area contributed by atoms with E-state index < -0.39 is 0 Å². The summed E-state index contributed by atoms with van der Waals surface area (Å²) in [6.45, 7) is 4.88. The number of rotatable bonds is 5. The van der Waals surface area contributed by atoms with Gasteiger partial charge in [0.2, 0.25) is 5.91 Å². The summed E-state index contributed by atoms with van der Waals surface area (Å²) in [5.74, 6) is 2.50. The minimum absolute atomic E-state index is 0.209. The molecule has 3 nitrogen and oxygen atoms in total. The average Bonchev–Trinajstić information content (AvgIpc) is 3.39. The van der Waals surface area contributed by atoms with Crippen LogP contribution in [0.4, 0.5) is 0 Å². The van der Waals surface area contributed by atoms with Gasteiger partial charge in [-0.15, -0.1) is 0 Å². The molecule has 5 rings (SSSR count). The Morgan fingerprint density at radius 3 is 1.97 bits per heavy atom. The standard InChI is InChI=1S/C26H30N2O/c29-26(25(21-7-3-1-4-8-21)22-9-5-2-6-10-22)28-15-13-27(14-16-28)19-24-18-20-11-12-23(24)17-20/h1-12,20,23-25H,13-19H2/t20-,23-,24-/m0/s1. The van der Waals surface area contributed by atoms with Crippen molar-refractivity contribution < 1.29 is 4.79 Å². The summed E-state index contributed by atoms with van der Waals surface area (Å²) >= 11 is 0. The van der Waals surface area contributed by atoms with Crippen LogP contribution < -0.4 is 0 Å². The first-order valence-corrected chi connectivity index (χ1v) is 11.1. The number of allylic oxidation sites excluding steroid dienone is 2. The van der Waals surface area contributed by atoms with Crippen molar-refractivity contribution >= 4 is 5.91 Å². The number of piperazine rings is 1. The molecule has 1 saturated carbocycles. The van der Waals surface area contributed by atoms with Gasteiger partial charge in [-0.25, -0.2) is 0 Å². The van der Waals surface area contributed by atoms with Crippen molar-refractivity contribution in [3.63, 3.8) is 0 Å². The van der Waals surface area contributed by atoms with E-state index in [-0.39, 0.29) is 11.8 Å². The maximum Gasteiger partial charge on any atom is 0.234 e. The molecule has 2 aromatic carbocycles. The van der Waals surface area contributed by atoms with Crippen LogP contribution >= 0.6 is 0 Å². The molecule has 1 heterocycles. The second-order valence-electron chi connectivity index (χ2n) is 8.92. The Balaban J connectivity index is 1.25. The van der Waals surface area contributed by atoms with Gasteiger partial charge < -0.3 is 4.90 Å². The van der Waals surface area contributed by atoms with E-state index in [0.717, 1.165) is 55.1 Å². The first-order valence-electron chi connectivity index (χ1n) is 11.1. The summed E-state index contributed by atoms with van der Waals surface area (Å²) in [4.78, 5) is 18.2. The van der Waals surface area contributed by atoms with Crippen LogP contribution in [0.25, 0.3) is 0 Å². The molecular formula is C26H30N2O. The van der Waals surface area contributed by atoms with Crippen LogP contribution in [-0.2, 0) is 4.79 Å². The summed E-state index contributed by atoms with van der Waals surface area (Å²) in [7, 11) is 0. The average molecular weight is 387 g/mol. The minimum Gasteiger partial charge on any atom is -0.339 e. The quantitative estimate of drug-likeness (QED) is 0.720. The number of carbonyl (C=O) groups excluding carboxylic acids is 1. The fourth-order valence-corrected chi connectivity index (χ4v) is 5.54. The van der Waals surface area contributed by atoms with E-state index in [1.54, 1.807) is 0 Å².